The van der Waals surface area contributed by atoms with E-state index in [9.17, 15) is 4.79 Å². The number of aromatic nitrogens is 1. The summed E-state index contributed by atoms with van der Waals surface area (Å²) in [5.74, 6) is 0.714. The van der Waals surface area contributed by atoms with E-state index in [4.69, 9.17) is 0 Å². The molecular formula is C21H22BrN3OS. The Morgan fingerprint density at radius 3 is 2.70 bits per heavy atom. The normalized spacial score (nSPS) is 15.9. The van der Waals surface area contributed by atoms with Gasteiger partial charge in [0.05, 0.1) is 10.2 Å². The van der Waals surface area contributed by atoms with Gasteiger partial charge in [0, 0.05) is 16.6 Å². The molecule has 1 aliphatic rings. The average Bonchev–Trinajstić information content (AvgIpc) is 3.05. The highest BCUT2D eigenvalue weighted by molar-refractivity contribution is 9.10. The summed E-state index contributed by atoms with van der Waals surface area (Å²) in [4.78, 5) is 19.5. The Hall–Kier alpha value is -1.76. The van der Waals surface area contributed by atoms with Crippen LogP contribution in [0, 0.1) is 5.92 Å². The second-order valence-corrected chi connectivity index (χ2v) is 9.19. The SMILES string of the molecule is CC1CCN(Cc2ccc3nc(NC(=O)c4ccc(Br)cc4)sc3c2)CC1. The van der Waals surface area contributed by atoms with Gasteiger partial charge in [0.2, 0.25) is 0 Å². The first kappa shape index (κ1) is 18.6. The van der Waals surface area contributed by atoms with Gasteiger partial charge in [-0.05, 0) is 73.8 Å². The molecule has 0 bridgehead atoms. The van der Waals surface area contributed by atoms with Crippen molar-refractivity contribution in [2.75, 3.05) is 18.4 Å². The largest absolute Gasteiger partial charge is 0.299 e. The molecule has 1 amide bonds. The quantitative estimate of drug-likeness (QED) is 0.575. The number of rotatable bonds is 4. The summed E-state index contributed by atoms with van der Waals surface area (Å²) in [6.45, 7) is 5.68. The van der Waals surface area contributed by atoms with E-state index < -0.39 is 0 Å². The number of amides is 1. The second kappa shape index (κ2) is 8.09. The van der Waals surface area contributed by atoms with Crippen LogP contribution in [0.1, 0.15) is 35.7 Å². The molecule has 27 heavy (non-hydrogen) atoms. The number of hydrogen-bond acceptors (Lipinski definition) is 4. The third-order valence-electron chi connectivity index (χ3n) is 5.06. The lowest BCUT2D eigenvalue weighted by molar-refractivity contribution is 0.102. The highest BCUT2D eigenvalue weighted by atomic mass is 79.9. The lowest BCUT2D eigenvalue weighted by atomic mass is 9.99. The van der Waals surface area contributed by atoms with Crippen LogP contribution in [0.25, 0.3) is 10.2 Å². The van der Waals surface area contributed by atoms with Crippen molar-refractivity contribution in [3.05, 3.63) is 58.1 Å². The fourth-order valence-corrected chi connectivity index (χ4v) is 4.56. The molecule has 1 fully saturated rings. The van der Waals surface area contributed by atoms with E-state index >= 15 is 0 Å². The molecule has 140 valence electrons. The van der Waals surface area contributed by atoms with Crippen molar-refractivity contribution in [3.63, 3.8) is 0 Å². The minimum atomic E-state index is -0.135. The molecule has 0 aliphatic carbocycles. The van der Waals surface area contributed by atoms with Gasteiger partial charge in [0.25, 0.3) is 5.91 Å². The zero-order valence-corrected chi connectivity index (χ0v) is 17.6. The van der Waals surface area contributed by atoms with Gasteiger partial charge in [-0.3, -0.25) is 15.0 Å². The first-order chi connectivity index (χ1) is 13.1. The number of likely N-dealkylation sites (tertiary alicyclic amines) is 1. The van der Waals surface area contributed by atoms with E-state index in [0.717, 1.165) is 27.2 Å². The number of fused-ring (bicyclic) bond motifs is 1. The first-order valence-corrected chi connectivity index (χ1v) is 10.9. The second-order valence-electron chi connectivity index (χ2n) is 7.24. The molecule has 6 heteroatoms. The van der Waals surface area contributed by atoms with Gasteiger partial charge in [-0.25, -0.2) is 4.98 Å². The van der Waals surface area contributed by atoms with Crippen LogP contribution < -0.4 is 5.32 Å². The number of piperidine rings is 1. The van der Waals surface area contributed by atoms with Crippen LogP contribution in [-0.2, 0) is 6.54 Å². The van der Waals surface area contributed by atoms with Crippen molar-refractivity contribution in [2.45, 2.75) is 26.3 Å². The molecule has 0 atom stereocenters. The molecule has 0 unspecified atom stereocenters. The number of hydrogen-bond donors (Lipinski definition) is 1. The molecule has 1 aromatic heterocycles. The molecule has 0 saturated carbocycles. The van der Waals surface area contributed by atoms with Crippen LogP contribution in [0.2, 0.25) is 0 Å². The van der Waals surface area contributed by atoms with Gasteiger partial charge in [-0.15, -0.1) is 0 Å². The number of halogens is 1. The maximum absolute atomic E-state index is 12.4. The Morgan fingerprint density at radius 1 is 1.22 bits per heavy atom. The standard InChI is InChI=1S/C21H22BrN3OS/c1-14-8-10-25(11-9-14)13-15-2-7-18-19(12-15)27-21(23-18)24-20(26)16-3-5-17(22)6-4-16/h2-7,12,14H,8-11,13H2,1H3,(H,23,24,26). The first-order valence-electron chi connectivity index (χ1n) is 9.25. The highest BCUT2D eigenvalue weighted by Gasteiger charge is 2.16. The fraction of sp³-hybridized carbons (Fsp3) is 0.333. The van der Waals surface area contributed by atoms with E-state index in [1.807, 2.05) is 12.1 Å². The molecule has 1 aliphatic heterocycles. The number of carbonyl (C=O) groups excluding carboxylic acids is 1. The molecule has 1 saturated heterocycles. The Kier molecular flexibility index (Phi) is 5.57. The van der Waals surface area contributed by atoms with Crippen LogP contribution in [0.5, 0.6) is 0 Å². The van der Waals surface area contributed by atoms with Crippen molar-refractivity contribution in [3.8, 4) is 0 Å². The number of benzene rings is 2. The van der Waals surface area contributed by atoms with E-state index in [2.05, 4.69) is 56.3 Å². The van der Waals surface area contributed by atoms with Crippen LogP contribution in [0.4, 0.5) is 5.13 Å². The van der Waals surface area contributed by atoms with Crippen molar-refractivity contribution in [1.29, 1.82) is 0 Å². The third kappa shape index (κ3) is 4.57. The fourth-order valence-electron chi connectivity index (χ4n) is 3.37. The number of thiazole rings is 1. The smallest absolute Gasteiger partial charge is 0.257 e. The summed E-state index contributed by atoms with van der Waals surface area (Å²) in [6.07, 6.45) is 2.57. The molecule has 2 heterocycles. The van der Waals surface area contributed by atoms with Crippen LogP contribution in [0.15, 0.2) is 46.9 Å². The van der Waals surface area contributed by atoms with Crippen molar-refractivity contribution >= 4 is 48.5 Å². The monoisotopic (exact) mass is 443 g/mol. The molecule has 2 aromatic carbocycles. The molecule has 0 spiro atoms. The molecular weight excluding hydrogens is 422 g/mol. The lowest BCUT2D eigenvalue weighted by Crippen LogP contribution is -2.32. The van der Waals surface area contributed by atoms with E-state index in [0.29, 0.717) is 10.7 Å². The summed E-state index contributed by atoms with van der Waals surface area (Å²) in [5.41, 5.74) is 2.87. The topological polar surface area (TPSA) is 45.2 Å². The Morgan fingerprint density at radius 2 is 1.96 bits per heavy atom. The average molecular weight is 444 g/mol. The van der Waals surface area contributed by atoms with Gasteiger partial charge in [0.1, 0.15) is 0 Å². The Labute approximate surface area is 171 Å². The summed E-state index contributed by atoms with van der Waals surface area (Å²) >= 11 is 4.91. The van der Waals surface area contributed by atoms with Crippen LogP contribution in [-0.4, -0.2) is 28.9 Å². The number of nitrogens with zero attached hydrogens (tertiary/aromatic N) is 2. The van der Waals surface area contributed by atoms with E-state index in [-0.39, 0.29) is 5.91 Å². The molecule has 4 nitrogen and oxygen atoms in total. The predicted octanol–water partition coefficient (Wildman–Crippen LogP) is 5.54. The van der Waals surface area contributed by atoms with Gasteiger partial charge < -0.3 is 0 Å². The summed E-state index contributed by atoms with van der Waals surface area (Å²) in [5, 5.41) is 3.56. The van der Waals surface area contributed by atoms with Gasteiger partial charge in [0.15, 0.2) is 5.13 Å². The van der Waals surface area contributed by atoms with Crippen LogP contribution >= 0.6 is 27.3 Å². The minimum absolute atomic E-state index is 0.135. The van der Waals surface area contributed by atoms with Gasteiger partial charge in [-0.1, -0.05) is 40.3 Å². The Balaban J connectivity index is 1.45. The van der Waals surface area contributed by atoms with Crippen molar-refractivity contribution < 1.29 is 4.79 Å². The summed E-state index contributed by atoms with van der Waals surface area (Å²) < 4.78 is 2.07. The van der Waals surface area contributed by atoms with Gasteiger partial charge in [-0.2, -0.15) is 0 Å². The third-order valence-corrected chi connectivity index (χ3v) is 6.52. The zero-order chi connectivity index (χ0) is 18.8. The van der Waals surface area contributed by atoms with Gasteiger partial charge >= 0.3 is 0 Å². The van der Waals surface area contributed by atoms with Crippen LogP contribution in [0.3, 0.4) is 0 Å². The maximum Gasteiger partial charge on any atom is 0.257 e. The molecule has 1 N–H and O–H groups in total. The maximum atomic E-state index is 12.4. The molecule has 0 radical (unpaired) electrons. The number of nitrogens with one attached hydrogen (secondary N) is 1. The lowest BCUT2D eigenvalue weighted by Gasteiger charge is -2.30. The number of carbonyl (C=O) groups is 1. The molecule has 4 rings (SSSR count). The highest BCUT2D eigenvalue weighted by Crippen LogP contribution is 2.28. The van der Waals surface area contributed by atoms with E-state index in [1.54, 1.807) is 12.1 Å². The zero-order valence-electron chi connectivity index (χ0n) is 15.2. The van der Waals surface area contributed by atoms with Crippen molar-refractivity contribution in [1.82, 2.24) is 9.88 Å². The Bertz CT molecular complexity index is 946. The number of anilines is 1. The van der Waals surface area contributed by atoms with E-state index in [1.165, 1.54) is 42.8 Å². The summed E-state index contributed by atoms with van der Waals surface area (Å²) in [7, 11) is 0. The summed E-state index contributed by atoms with van der Waals surface area (Å²) in [6, 6.07) is 13.7. The van der Waals surface area contributed by atoms with Crippen molar-refractivity contribution in [2.24, 2.45) is 5.92 Å². The minimum Gasteiger partial charge on any atom is -0.299 e. The molecule has 3 aromatic rings. The predicted molar refractivity (Wildman–Crippen MR) is 115 cm³/mol.